The van der Waals surface area contributed by atoms with Gasteiger partial charge in [-0.05, 0) is 6.07 Å². The van der Waals surface area contributed by atoms with Crippen molar-refractivity contribution in [1.82, 2.24) is 9.55 Å². The number of aromatic nitrogens is 2. The maximum Gasteiger partial charge on any atom is 0.351 e. The number of aliphatic hydroxyl groups is 2. The van der Waals surface area contributed by atoms with Gasteiger partial charge in [0.05, 0.1) is 12.7 Å². The van der Waals surface area contributed by atoms with Crippen molar-refractivity contribution in [2.75, 3.05) is 12.3 Å². The van der Waals surface area contributed by atoms with Crippen LogP contribution in [0.25, 0.3) is 0 Å². The Balaban J connectivity index is 2.37. The van der Waals surface area contributed by atoms with Gasteiger partial charge in [-0.25, -0.2) is 9.18 Å². The molecule has 94 valence electrons. The minimum Gasteiger partial charge on any atom is -0.394 e. The average molecular weight is 245 g/mol. The number of nitrogens with two attached hydrogens (primary N) is 1. The van der Waals surface area contributed by atoms with Gasteiger partial charge in [0.25, 0.3) is 5.85 Å². The number of anilines is 1. The first-order valence-electron chi connectivity index (χ1n) is 4.96. The summed E-state index contributed by atoms with van der Waals surface area (Å²) in [4.78, 5) is 14.9. The summed E-state index contributed by atoms with van der Waals surface area (Å²) >= 11 is 0. The zero-order valence-corrected chi connectivity index (χ0v) is 8.78. The van der Waals surface area contributed by atoms with Crippen molar-refractivity contribution in [3.8, 4) is 0 Å². The summed E-state index contributed by atoms with van der Waals surface area (Å²) in [6, 6.07) is 1.28. The van der Waals surface area contributed by atoms with E-state index in [1.165, 1.54) is 12.3 Å². The number of halogens is 1. The molecule has 0 spiro atoms. The van der Waals surface area contributed by atoms with E-state index >= 15 is 0 Å². The van der Waals surface area contributed by atoms with E-state index in [9.17, 15) is 14.3 Å². The summed E-state index contributed by atoms with van der Waals surface area (Å²) in [6.07, 6.45) is -1.62. The average Bonchev–Trinajstić information content (AvgIpc) is 2.54. The fraction of sp³-hybridized carbons (Fsp3) is 0.556. The van der Waals surface area contributed by atoms with Crippen LogP contribution in [-0.4, -0.2) is 38.3 Å². The largest absolute Gasteiger partial charge is 0.394 e. The van der Waals surface area contributed by atoms with E-state index in [0.717, 1.165) is 4.57 Å². The van der Waals surface area contributed by atoms with Crippen LogP contribution in [0, 0.1) is 0 Å². The quantitative estimate of drug-likeness (QED) is 0.601. The molecule has 0 radical (unpaired) electrons. The molecule has 17 heavy (non-hydrogen) atoms. The first-order chi connectivity index (χ1) is 7.94. The molecule has 0 unspecified atom stereocenters. The first kappa shape index (κ1) is 12.0. The molecule has 1 aromatic rings. The zero-order chi connectivity index (χ0) is 12.6. The molecule has 1 saturated heterocycles. The fourth-order valence-electron chi connectivity index (χ4n) is 1.75. The Labute approximate surface area is 95.3 Å². The molecule has 0 aromatic carbocycles. The monoisotopic (exact) mass is 245 g/mol. The summed E-state index contributed by atoms with van der Waals surface area (Å²) in [5.41, 5.74) is 4.46. The van der Waals surface area contributed by atoms with Gasteiger partial charge in [0.15, 0.2) is 6.23 Å². The lowest BCUT2D eigenvalue weighted by molar-refractivity contribution is -0.169. The van der Waals surface area contributed by atoms with Crippen molar-refractivity contribution >= 4 is 5.82 Å². The van der Waals surface area contributed by atoms with Crippen molar-refractivity contribution in [1.29, 1.82) is 0 Å². The van der Waals surface area contributed by atoms with E-state index in [1.807, 2.05) is 0 Å². The van der Waals surface area contributed by atoms with Crippen LogP contribution >= 0.6 is 0 Å². The standard InChI is InChI=1S/C9H12FN3O4/c10-9(16)3-5(4-14)17-7(9)13-2-1-6(11)12-8(13)15/h1-2,5,7,14,16H,3-4H2,(H2,11,12,15)/t5-,7+,9+/m0/s1. The molecule has 7 nitrogen and oxygen atoms in total. The highest BCUT2D eigenvalue weighted by Gasteiger charge is 2.49. The first-order valence-corrected chi connectivity index (χ1v) is 4.96. The Morgan fingerprint density at radius 2 is 2.47 bits per heavy atom. The molecule has 2 rings (SSSR count). The summed E-state index contributed by atoms with van der Waals surface area (Å²) in [5, 5.41) is 18.3. The van der Waals surface area contributed by atoms with Gasteiger partial charge in [-0.3, -0.25) is 4.57 Å². The van der Waals surface area contributed by atoms with Crippen LogP contribution in [0.5, 0.6) is 0 Å². The van der Waals surface area contributed by atoms with Gasteiger partial charge in [-0.2, -0.15) is 4.98 Å². The Kier molecular flexibility index (Phi) is 2.86. The highest BCUT2D eigenvalue weighted by Crippen LogP contribution is 2.38. The number of rotatable bonds is 2. The van der Waals surface area contributed by atoms with Crippen molar-refractivity contribution in [3.05, 3.63) is 22.7 Å². The Hall–Kier alpha value is -1.51. The highest BCUT2D eigenvalue weighted by atomic mass is 19.2. The second-order valence-electron chi connectivity index (χ2n) is 3.86. The van der Waals surface area contributed by atoms with Crippen LogP contribution in [0.15, 0.2) is 17.1 Å². The molecule has 0 aliphatic carbocycles. The van der Waals surface area contributed by atoms with E-state index in [-0.39, 0.29) is 5.82 Å². The van der Waals surface area contributed by atoms with Crippen LogP contribution in [0.3, 0.4) is 0 Å². The zero-order valence-electron chi connectivity index (χ0n) is 8.78. The summed E-state index contributed by atoms with van der Waals surface area (Å²) in [7, 11) is 0. The molecule has 4 N–H and O–H groups in total. The molecule has 2 heterocycles. The Morgan fingerprint density at radius 1 is 1.76 bits per heavy atom. The molecule has 0 amide bonds. The van der Waals surface area contributed by atoms with Crippen LogP contribution in [0.2, 0.25) is 0 Å². The summed E-state index contributed by atoms with van der Waals surface area (Å²) < 4.78 is 19.6. The van der Waals surface area contributed by atoms with Crippen molar-refractivity contribution in [3.63, 3.8) is 0 Å². The number of ether oxygens (including phenoxy) is 1. The molecule has 3 atom stereocenters. The predicted octanol–water partition coefficient (Wildman–Crippen LogP) is -1.24. The lowest BCUT2D eigenvalue weighted by atomic mass is 10.1. The van der Waals surface area contributed by atoms with Crippen molar-refractivity contribution < 1.29 is 19.3 Å². The molecule has 0 bridgehead atoms. The van der Waals surface area contributed by atoms with E-state index in [1.54, 1.807) is 0 Å². The Morgan fingerprint density at radius 3 is 3.00 bits per heavy atom. The maximum atomic E-state index is 13.8. The molecular weight excluding hydrogens is 233 g/mol. The third-order valence-electron chi connectivity index (χ3n) is 2.52. The summed E-state index contributed by atoms with van der Waals surface area (Å²) in [6.45, 7) is -0.445. The van der Waals surface area contributed by atoms with Crippen molar-refractivity contribution in [2.24, 2.45) is 0 Å². The summed E-state index contributed by atoms with van der Waals surface area (Å²) in [5.74, 6) is -2.74. The second-order valence-corrected chi connectivity index (χ2v) is 3.86. The normalized spacial score (nSPS) is 32.9. The van der Waals surface area contributed by atoms with E-state index < -0.39 is 36.9 Å². The van der Waals surface area contributed by atoms with E-state index in [2.05, 4.69) is 4.98 Å². The number of hydrogen-bond acceptors (Lipinski definition) is 6. The number of nitrogen functional groups attached to an aromatic ring is 1. The van der Waals surface area contributed by atoms with Crippen LogP contribution in [0.4, 0.5) is 10.2 Å². The topological polar surface area (TPSA) is 111 Å². The lowest BCUT2D eigenvalue weighted by Crippen LogP contribution is -2.37. The van der Waals surface area contributed by atoms with Gasteiger partial charge < -0.3 is 20.7 Å². The number of aliphatic hydroxyl groups excluding tert-OH is 1. The smallest absolute Gasteiger partial charge is 0.351 e. The molecule has 1 aromatic heterocycles. The van der Waals surface area contributed by atoms with Gasteiger partial charge in [-0.1, -0.05) is 0 Å². The third-order valence-corrected chi connectivity index (χ3v) is 2.52. The molecule has 8 heteroatoms. The number of hydrogen-bond donors (Lipinski definition) is 3. The van der Waals surface area contributed by atoms with Gasteiger partial charge in [0.2, 0.25) is 0 Å². The highest BCUT2D eigenvalue weighted by molar-refractivity contribution is 5.23. The van der Waals surface area contributed by atoms with E-state index in [4.69, 9.17) is 15.6 Å². The van der Waals surface area contributed by atoms with Crippen LogP contribution in [0.1, 0.15) is 12.6 Å². The fourth-order valence-corrected chi connectivity index (χ4v) is 1.75. The molecule has 1 fully saturated rings. The third kappa shape index (κ3) is 2.14. The van der Waals surface area contributed by atoms with Crippen LogP contribution < -0.4 is 11.4 Å². The SMILES string of the molecule is Nc1ccn([C@@H]2O[C@H](CO)C[C@]2(O)F)c(=O)n1. The predicted molar refractivity (Wildman–Crippen MR) is 54.6 cm³/mol. The van der Waals surface area contributed by atoms with Crippen LogP contribution in [-0.2, 0) is 4.74 Å². The van der Waals surface area contributed by atoms with Gasteiger partial charge in [0, 0.05) is 12.6 Å². The lowest BCUT2D eigenvalue weighted by Gasteiger charge is -2.21. The minimum atomic E-state index is -2.73. The van der Waals surface area contributed by atoms with Gasteiger partial charge in [-0.15, -0.1) is 0 Å². The molecular formula is C9H12FN3O4. The Bertz CT molecular complexity index is 476. The van der Waals surface area contributed by atoms with E-state index in [0.29, 0.717) is 0 Å². The molecule has 1 aliphatic rings. The number of nitrogens with zero attached hydrogens (tertiary/aromatic N) is 2. The second kappa shape index (κ2) is 4.06. The van der Waals surface area contributed by atoms with Gasteiger partial charge >= 0.3 is 5.69 Å². The van der Waals surface area contributed by atoms with Gasteiger partial charge in [0.1, 0.15) is 5.82 Å². The molecule has 1 aliphatic heterocycles. The minimum absolute atomic E-state index is 0.00893. The number of alkyl halides is 1. The van der Waals surface area contributed by atoms with Crippen molar-refractivity contribution in [2.45, 2.75) is 24.6 Å². The molecule has 0 saturated carbocycles. The maximum absolute atomic E-state index is 13.8.